The van der Waals surface area contributed by atoms with Crippen molar-refractivity contribution in [2.24, 2.45) is 0 Å². The molecule has 2 rings (SSSR count). The van der Waals surface area contributed by atoms with Gasteiger partial charge in [0.05, 0.1) is 0 Å². The molecule has 0 bridgehead atoms. The van der Waals surface area contributed by atoms with Crippen LogP contribution < -0.4 is 0 Å². The minimum Gasteiger partial charge on any atom is -0.476 e. The van der Waals surface area contributed by atoms with Gasteiger partial charge in [-0.3, -0.25) is 0 Å². The average Bonchev–Trinajstić information content (AvgIpc) is 2.67. The van der Waals surface area contributed by atoms with Crippen LogP contribution in [0.5, 0.6) is 0 Å². The molecule has 1 N–H and O–H groups in total. The molecule has 0 fully saturated rings. The van der Waals surface area contributed by atoms with Gasteiger partial charge in [-0.15, -0.1) is 11.3 Å². The molecule has 1 aromatic carbocycles. The Morgan fingerprint density at radius 1 is 1.40 bits per heavy atom. The third-order valence-electron chi connectivity index (χ3n) is 1.83. The number of carboxylic acids is 1. The van der Waals surface area contributed by atoms with Crippen molar-refractivity contribution in [2.75, 3.05) is 0 Å². The number of nitrogens with zero attached hydrogens (tertiary/aromatic N) is 1. The lowest BCUT2D eigenvalue weighted by atomic mass is 10.2. The maximum absolute atomic E-state index is 13.3. The molecule has 0 aliphatic rings. The zero-order valence-corrected chi connectivity index (χ0v) is 8.29. The van der Waals surface area contributed by atoms with Crippen molar-refractivity contribution in [3.8, 4) is 10.6 Å². The number of thiazole rings is 1. The van der Waals surface area contributed by atoms with Crippen LogP contribution in [-0.4, -0.2) is 16.1 Å². The van der Waals surface area contributed by atoms with E-state index in [1.54, 1.807) is 18.2 Å². The highest BCUT2D eigenvalue weighted by Crippen LogP contribution is 2.25. The second-order valence-electron chi connectivity index (χ2n) is 2.82. The van der Waals surface area contributed by atoms with Gasteiger partial charge in [-0.2, -0.15) is 0 Å². The maximum Gasteiger partial charge on any atom is 0.355 e. The van der Waals surface area contributed by atoms with Crippen molar-refractivity contribution >= 4 is 17.3 Å². The first-order valence-corrected chi connectivity index (χ1v) is 5.00. The van der Waals surface area contributed by atoms with Gasteiger partial charge in [-0.05, 0) is 12.1 Å². The molecule has 0 atom stereocenters. The van der Waals surface area contributed by atoms with E-state index in [0.29, 0.717) is 10.6 Å². The first kappa shape index (κ1) is 9.79. The van der Waals surface area contributed by atoms with Crippen molar-refractivity contribution in [1.82, 2.24) is 4.98 Å². The van der Waals surface area contributed by atoms with E-state index in [2.05, 4.69) is 4.98 Å². The SMILES string of the molecule is O=C(O)c1csc(-c2ccccc2F)n1. The van der Waals surface area contributed by atoms with Crippen molar-refractivity contribution in [3.05, 3.63) is 41.2 Å². The molecule has 1 aromatic heterocycles. The molecule has 76 valence electrons. The van der Waals surface area contributed by atoms with Crippen LogP contribution >= 0.6 is 11.3 Å². The van der Waals surface area contributed by atoms with Gasteiger partial charge in [0.1, 0.15) is 10.8 Å². The van der Waals surface area contributed by atoms with E-state index < -0.39 is 11.8 Å². The molecular formula is C10H6FNO2S. The van der Waals surface area contributed by atoms with Gasteiger partial charge >= 0.3 is 5.97 Å². The van der Waals surface area contributed by atoms with Gasteiger partial charge in [0, 0.05) is 10.9 Å². The smallest absolute Gasteiger partial charge is 0.355 e. The highest BCUT2D eigenvalue weighted by atomic mass is 32.1. The van der Waals surface area contributed by atoms with Crippen LogP contribution in [0.3, 0.4) is 0 Å². The summed E-state index contributed by atoms with van der Waals surface area (Å²) >= 11 is 1.11. The Morgan fingerprint density at radius 3 is 2.73 bits per heavy atom. The lowest BCUT2D eigenvalue weighted by Gasteiger charge is -1.96. The van der Waals surface area contributed by atoms with Crippen molar-refractivity contribution in [1.29, 1.82) is 0 Å². The molecule has 1 heterocycles. The molecular weight excluding hydrogens is 217 g/mol. The predicted molar refractivity (Wildman–Crippen MR) is 54.5 cm³/mol. The third kappa shape index (κ3) is 1.87. The Morgan fingerprint density at radius 2 is 2.13 bits per heavy atom. The molecule has 0 amide bonds. The van der Waals surface area contributed by atoms with Gasteiger partial charge in [-0.1, -0.05) is 12.1 Å². The van der Waals surface area contributed by atoms with E-state index in [9.17, 15) is 9.18 Å². The Bertz CT molecular complexity index is 510. The highest BCUT2D eigenvalue weighted by molar-refractivity contribution is 7.13. The number of hydrogen-bond donors (Lipinski definition) is 1. The van der Waals surface area contributed by atoms with Crippen LogP contribution in [0.2, 0.25) is 0 Å². The number of benzene rings is 1. The topological polar surface area (TPSA) is 50.2 Å². The highest BCUT2D eigenvalue weighted by Gasteiger charge is 2.12. The van der Waals surface area contributed by atoms with Crippen LogP contribution in [0, 0.1) is 5.82 Å². The molecule has 15 heavy (non-hydrogen) atoms. The summed E-state index contributed by atoms with van der Waals surface area (Å²) in [5.41, 5.74) is 0.272. The maximum atomic E-state index is 13.3. The number of aromatic nitrogens is 1. The molecule has 0 saturated heterocycles. The van der Waals surface area contributed by atoms with E-state index in [1.165, 1.54) is 11.4 Å². The molecule has 3 nitrogen and oxygen atoms in total. The Labute approximate surface area is 88.8 Å². The lowest BCUT2D eigenvalue weighted by Crippen LogP contribution is -1.95. The standard InChI is InChI=1S/C10H6FNO2S/c11-7-4-2-1-3-6(7)9-12-8(5-15-9)10(13)14/h1-5H,(H,13,14). The molecule has 0 saturated carbocycles. The average molecular weight is 223 g/mol. The fraction of sp³-hybridized carbons (Fsp3) is 0. The summed E-state index contributed by atoms with van der Waals surface area (Å²) in [6.07, 6.45) is 0. The monoisotopic (exact) mass is 223 g/mol. The van der Waals surface area contributed by atoms with E-state index >= 15 is 0 Å². The molecule has 0 unspecified atom stereocenters. The summed E-state index contributed by atoms with van der Waals surface area (Å²) in [7, 11) is 0. The zero-order chi connectivity index (χ0) is 10.8. The largest absolute Gasteiger partial charge is 0.476 e. The van der Waals surface area contributed by atoms with Crippen molar-refractivity contribution in [2.45, 2.75) is 0 Å². The zero-order valence-electron chi connectivity index (χ0n) is 7.48. The minimum atomic E-state index is -1.10. The van der Waals surface area contributed by atoms with E-state index in [1.807, 2.05) is 0 Å². The summed E-state index contributed by atoms with van der Waals surface area (Å²) in [5, 5.41) is 10.4. The first-order chi connectivity index (χ1) is 7.18. The molecule has 0 aliphatic carbocycles. The number of carboxylic acid groups (broad SMARTS) is 1. The fourth-order valence-electron chi connectivity index (χ4n) is 1.13. The van der Waals surface area contributed by atoms with Gasteiger partial charge in [0.15, 0.2) is 5.69 Å². The van der Waals surface area contributed by atoms with Gasteiger partial charge in [-0.25, -0.2) is 14.2 Å². The quantitative estimate of drug-likeness (QED) is 0.851. The number of rotatable bonds is 2. The summed E-state index contributed by atoms with van der Waals surface area (Å²) < 4.78 is 13.3. The fourth-order valence-corrected chi connectivity index (χ4v) is 1.95. The predicted octanol–water partition coefficient (Wildman–Crippen LogP) is 2.65. The van der Waals surface area contributed by atoms with Crippen LogP contribution in [0.15, 0.2) is 29.6 Å². The number of carbonyl (C=O) groups is 1. The second-order valence-corrected chi connectivity index (χ2v) is 3.68. The second kappa shape index (κ2) is 3.78. The normalized spacial score (nSPS) is 10.2. The van der Waals surface area contributed by atoms with Crippen LogP contribution in [0.1, 0.15) is 10.5 Å². The molecule has 0 aliphatic heterocycles. The Balaban J connectivity index is 2.46. The number of halogens is 1. The molecule has 5 heteroatoms. The lowest BCUT2D eigenvalue weighted by molar-refractivity contribution is 0.0691. The van der Waals surface area contributed by atoms with Crippen LogP contribution in [-0.2, 0) is 0 Å². The van der Waals surface area contributed by atoms with Crippen LogP contribution in [0.4, 0.5) is 4.39 Å². The van der Waals surface area contributed by atoms with E-state index in [0.717, 1.165) is 11.3 Å². The van der Waals surface area contributed by atoms with Gasteiger partial charge in [0.2, 0.25) is 0 Å². The van der Waals surface area contributed by atoms with E-state index in [4.69, 9.17) is 5.11 Å². The number of hydrogen-bond acceptors (Lipinski definition) is 3. The Hall–Kier alpha value is -1.75. The summed E-state index contributed by atoms with van der Waals surface area (Å²) in [4.78, 5) is 14.4. The summed E-state index contributed by atoms with van der Waals surface area (Å²) in [6, 6.07) is 6.14. The van der Waals surface area contributed by atoms with Gasteiger partial charge < -0.3 is 5.11 Å². The van der Waals surface area contributed by atoms with Gasteiger partial charge in [0.25, 0.3) is 0 Å². The van der Waals surface area contributed by atoms with E-state index in [-0.39, 0.29) is 5.69 Å². The van der Waals surface area contributed by atoms with Crippen LogP contribution in [0.25, 0.3) is 10.6 Å². The molecule has 2 aromatic rings. The third-order valence-corrected chi connectivity index (χ3v) is 2.70. The molecule has 0 spiro atoms. The summed E-state index contributed by atoms with van der Waals surface area (Å²) in [5.74, 6) is -1.50. The van der Waals surface area contributed by atoms with Crippen molar-refractivity contribution < 1.29 is 14.3 Å². The van der Waals surface area contributed by atoms with Crippen molar-refractivity contribution in [3.63, 3.8) is 0 Å². The minimum absolute atomic E-state index is 0.0572. The number of aromatic carboxylic acids is 1. The molecule has 0 radical (unpaired) electrons. The Kier molecular flexibility index (Phi) is 2.47. The summed E-state index contributed by atoms with van der Waals surface area (Å²) in [6.45, 7) is 0. The first-order valence-electron chi connectivity index (χ1n) is 4.12.